The number of amides is 1. The van der Waals surface area contributed by atoms with Crippen LogP contribution < -0.4 is 11.1 Å². The van der Waals surface area contributed by atoms with E-state index in [2.05, 4.69) is 78.5 Å². The summed E-state index contributed by atoms with van der Waals surface area (Å²) in [6.07, 6.45) is 13.5. The first-order valence-corrected chi connectivity index (χ1v) is 14.2. The summed E-state index contributed by atoms with van der Waals surface area (Å²) < 4.78 is 2.52. The molecule has 5 rings (SSSR count). The third-order valence-corrected chi connectivity index (χ3v) is 8.89. The van der Waals surface area contributed by atoms with Gasteiger partial charge in [-0.1, -0.05) is 67.3 Å². The molecule has 200 valence electrons. The number of nitrogens with two attached hydrogens (primary N) is 1. The lowest BCUT2D eigenvalue weighted by Gasteiger charge is -2.29. The van der Waals surface area contributed by atoms with E-state index in [1.165, 1.54) is 59.7 Å². The number of nitrogens with one attached hydrogen (secondary N) is 1. The minimum absolute atomic E-state index is 0. The SMILES string of the molecule is Cc1cccc([C@@H](CC(=O)NC2CCC(N)CC2)c2cn([C@H](C)C3CCCCC3)c3ccccc23)c1.Cl. The highest BCUT2D eigenvalue weighted by molar-refractivity contribution is 5.87. The second-order valence-electron chi connectivity index (χ2n) is 11.5. The van der Waals surface area contributed by atoms with E-state index in [1.807, 2.05) is 0 Å². The van der Waals surface area contributed by atoms with Crippen LogP contribution in [0.4, 0.5) is 0 Å². The minimum Gasteiger partial charge on any atom is -0.353 e. The second-order valence-corrected chi connectivity index (χ2v) is 11.5. The number of rotatable bonds is 7. The Morgan fingerprint density at radius 3 is 2.46 bits per heavy atom. The quantitative estimate of drug-likeness (QED) is 0.340. The van der Waals surface area contributed by atoms with Crippen LogP contribution in [-0.2, 0) is 4.79 Å². The van der Waals surface area contributed by atoms with Gasteiger partial charge in [-0.3, -0.25) is 4.79 Å². The molecule has 0 saturated heterocycles. The summed E-state index contributed by atoms with van der Waals surface area (Å²) in [6, 6.07) is 18.5. The number of fused-ring (bicyclic) bond motifs is 1. The van der Waals surface area contributed by atoms with Crippen LogP contribution in [0.3, 0.4) is 0 Å². The number of carbonyl (C=O) groups excluding carboxylic acids is 1. The Balaban J connectivity index is 0.00000320. The molecule has 0 unspecified atom stereocenters. The third-order valence-electron chi connectivity index (χ3n) is 8.89. The van der Waals surface area contributed by atoms with Crippen LogP contribution in [0.25, 0.3) is 10.9 Å². The number of para-hydroxylation sites is 1. The Hall–Kier alpha value is -2.30. The molecule has 2 aromatic carbocycles. The zero-order valence-electron chi connectivity index (χ0n) is 22.5. The number of aromatic nitrogens is 1. The van der Waals surface area contributed by atoms with Crippen molar-refractivity contribution in [3.63, 3.8) is 0 Å². The molecule has 1 amide bonds. The van der Waals surface area contributed by atoms with Gasteiger partial charge in [0.25, 0.3) is 0 Å². The molecular formula is C32H44ClN3O. The van der Waals surface area contributed by atoms with Crippen LogP contribution in [0.15, 0.2) is 54.7 Å². The van der Waals surface area contributed by atoms with Crippen LogP contribution in [0, 0.1) is 12.8 Å². The van der Waals surface area contributed by atoms with Crippen molar-refractivity contribution in [3.8, 4) is 0 Å². The number of nitrogens with zero attached hydrogens (tertiary/aromatic N) is 1. The zero-order chi connectivity index (χ0) is 25.1. The normalized spacial score (nSPS) is 22.2. The molecule has 3 aromatic rings. The lowest BCUT2D eigenvalue weighted by atomic mass is 9.84. The van der Waals surface area contributed by atoms with Gasteiger partial charge in [-0.05, 0) is 75.5 Å². The van der Waals surface area contributed by atoms with Crippen molar-refractivity contribution >= 4 is 29.2 Å². The van der Waals surface area contributed by atoms with E-state index in [0.29, 0.717) is 12.5 Å². The highest BCUT2D eigenvalue weighted by Crippen LogP contribution is 2.40. The van der Waals surface area contributed by atoms with Gasteiger partial charge in [0.1, 0.15) is 0 Å². The fourth-order valence-electron chi connectivity index (χ4n) is 6.72. The van der Waals surface area contributed by atoms with Gasteiger partial charge in [-0.2, -0.15) is 0 Å². The summed E-state index contributed by atoms with van der Waals surface area (Å²) in [5.41, 5.74) is 11.1. The van der Waals surface area contributed by atoms with Crippen LogP contribution >= 0.6 is 12.4 Å². The van der Waals surface area contributed by atoms with Gasteiger partial charge in [0, 0.05) is 47.6 Å². The van der Waals surface area contributed by atoms with Gasteiger partial charge in [0.15, 0.2) is 0 Å². The molecule has 2 atom stereocenters. The molecule has 3 N–H and O–H groups in total. The minimum atomic E-state index is 0. The molecule has 2 aliphatic carbocycles. The maximum Gasteiger partial charge on any atom is 0.221 e. The predicted octanol–water partition coefficient (Wildman–Crippen LogP) is 7.42. The Labute approximate surface area is 228 Å². The Morgan fingerprint density at radius 2 is 1.73 bits per heavy atom. The first kappa shape index (κ1) is 27.7. The number of aryl methyl sites for hydroxylation is 1. The summed E-state index contributed by atoms with van der Waals surface area (Å²) in [5.74, 6) is 0.903. The second kappa shape index (κ2) is 12.5. The van der Waals surface area contributed by atoms with E-state index in [9.17, 15) is 4.79 Å². The molecule has 5 heteroatoms. The molecule has 1 heterocycles. The summed E-state index contributed by atoms with van der Waals surface area (Å²) in [6.45, 7) is 4.54. The van der Waals surface area contributed by atoms with Gasteiger partial charge < -0.3 is 15.6 Å². The van der Waals surface area contributed by atoms with Gasteiger partial charge in [-0.25, -0.2) is 0 Å². The van der Waals surface area contributed by atoms with Crippen molar-refractivity contribution in [2.24, 2.45) is 11.7 Å². The number of benzene rings is 2. The highest BCUT2D eigenvalue weighted by atomic mass is 35.5. The molecule has 2 saturated carbocycles. The summed E-state index contributed by atoms with van der Waals surface area (Å²) in [7, 11) is 0. The first-order valence-electron chi connectivity index (χ1n) is 14.2. The first-order chi connectivity index (χ1) is 17.5. The average molecular weight is 522 g/mol. The molecule has 0 bridgehead atoms. The fourth-order valence-corrected chi connectivity index (χ4v) is 6.72. The lowest BCUT2D eigenvalue weighted by Crippen LogP contribution is -2.40. The largest absolute Gasteiger partial charge is 0.353 e. The molecule has 0 aliphatic heterocycles. The summed E-state index contributed by atoms with van der Waals surface area (Å²) in [5, 5.41) is 4.63. The van der Waals surface area contributed by atoms with Crippen molar-refractivity contribution < 1.29 is 4.79 Å². The average Bonchev–Trinajstić information content (AvgIpc) is 3.28. The van der Waals surface area contributed by atoms with Crippen molar-refractivity contribution in [2.45, 2.75) is 102 Å². The van der Waals surface area contributed by atoms with Crippen LogP contribution in [0.5, 0.6) is 0 Å². The number of halogens is 1. The molecule has 2 aliphatic rings. The van der Waals surface area contributed by atoms with E-state index in [0.717, 1.165) is 31.6 Å². The van der Waals surface area contributed by atoms with Crippen molar-refractivity contribution in [1.29, 1.82) is 0 Å². The topological polar surface area (TPSA) is 60.1 Å². The molecular weight excluding hydrogens is 478 g/mol. The van der Waals surface area contributed by atoms with Crippen LogP contribution in [0.2, 0.25) is 0 Å². The van der Waals surface area contributed by atoms with Gasteiger partial charge in [0.2, 0.25) is 5.91 Å². The van der Waals surface area contributed by atoms with Crippen molar-refractivity contribution in [1.82, 2.24) is 9.88 Å². The summed E-state index contributed by atoms with van der Waals surface area (Å²) in [4.78, 5) is 13.4. The monoisotopic (exact) mass is 521 g/mol. The molecule has 4 nitrogen and oxygen atoms in total. The molecule has 0 radical (unpaired) electrons. The van der Waals surface area contributed by atoms with Gasteiger partial charge >= 0.3 is 0 Å². The van der Waals surface area contributed by atoms with Gasteiger partial charge in [-0.15, -0.1) is 12.4 Å². The maximum atomic E-state index is 13.4. The van der Waals surface area contributed by atoms with Crippen molar-refractivity contribution in [2.75, 3.05) is 0 Å². The Morgan fingerprint density at radius 1 is 1.00 bits per heavy atom. The van der Waals surface area contributed by atoms with Gasteiger partial charge in [0.05, 0.1) is 0 Å². The maximum absolute atomic E-state index is 13.4. The number of hydrogen-bond donors (Lipinski definition) is 2. The molecule has 2 fully saturated rings. The third kappa shape index (κ3) is 6.41. The molecule has 1 aromatic heterocycles. The van der Waals surface area contributed by atoms with Crippen LogP contribution in [-0.4, -0.2) is 22.6 Å². The predicted molar refractivity (Wildman–Crippen MR) is 156 cm³/mol. The molecule has 0 spiro atoms. The van der Waals surface area contributed by atoms with E-state index >= 15 is 0 Å². The van der Waals surface area contributed by atoms with Crippen LogP contribution in [0.1, 0.15) is 99.8 Å². The number of hydrogen-bond acceptors (Lipinski definition) is 2. The van der Waals surface area contributed by atoms with E-state index in [4.69, 9.17) is 5.73 Å². The van der Waals surface area contributed by atoms with E-state index in [1.54, 1.807) is 0 Å². The Bertz CT molecular complexity index is 1170. The molecule has 37 heavy (non-hydrogen) atoms. The highest BCUT2D eigenvalue weighted by Gasteiger charge is 2.28. The fraction of sp³-hybridized carbons (Fsp3) is 0.531. The Kier molecular flexibility index (Phi) is 9.36. The summed E-state index contributed by atoms with van der Waals surface area (Å²) >= 11 is 0. The van der Waals surface area contributed by atoms with Crippen molar-refractivity contribution in [3.05, 3.63) is 71.4 Å². The smallest absolute Gasteiger partial charge is 0.221 e. The van der Waals surface area contributed by atoms with E-state index < -0.39 is 0 Å². The number of carbonyl (C=O) groups is 1. The zero-order valence-corrected chi connectivity index (χ0v) is 23.3. The van der Waals surface area contributed by atoms with E-state index in [-0.39, 0.29) is 36.3 Å². The standard InChI is InChI=1S/C32H43N3O.ClH/c1-22-9-8-12-25(19-22)29(20-32(36)34-27-17-15-26(33)16-18-27)30-21-35(31-14-7-6-13-28(30)31)23(2)24-10-4-3-5-11-24;/h6-9,12-14,19,21,23-24,26-27,29H,3-5,10-11,15-18,20,33H2,1-2H3,(H,34,36);1H/t23-,26?,27?,29-;/m1./s1. The lowest BCUT2D eigenvalue weighted by molar-refractivity contribution is -0.122.